The van der Waals surface area contributed by atoms with Crippen LogP contribution in [0.25, 0.3) is 0 Å². The molecular weight excluding hydrogens is 419 g/mol. The van der Waals surface area contributed by atoms with Gasteiger partial charge in [0, 0.05) is 63.6 Å². The average molecular weight is 447 g/mol. The number of sulfonamides is 1. The molecule has 0 N–H and O–H groups in total. The maximum absolute atomic E-state index is 13.1. The highest BCUT2D eigenvalue weighted by Crippen LogP contribution is 2.21. The Morgan fingerprint density at radius 3 is 2.16 bits per heavy atom. The number of hydrogen-bond donors (Lipinski definition) is 0. The quantitative estimate of drug-likeness (QED) is 0.716. The van der Waals surface area contributed by atoms with E-state index in [2.05, 4.69) is 9.80 Å². The van der Waals surface area contributed by atoms with Crippen molar-refractivity contribution in [1.82, 2.24) is 14.1 Å². The summed E-state index contributed by atoms with van der Waals surface area (Å²) in [7, 11) is -1.65. The van der Waals surface area contributed by atoms with Crippen LogP contribution in [0.1, 0.15) is 10.4 Å². The number of carbonyl (C=O) groups excluding carboxylic acids is 1. The van der Waals surface area contributed by atoms with Crippen molar-refractivity contribution in [2.24, 2.45) is 0 Å². The molecule has 7 nitrogen and oxygen atoms in total. The predicted molar refractivity (Wildman–Crippen MR) is 117 cm³/mol. The van der Waals surface area contributed by atoms with E-state index in [1.54, 1.807) is 35.2 Å². The van der Waals surface area contributed by atoms with Crippen LogP contribution in [-0.4, -0.2) is 87.8 Å². The highest BCUT2D eigenvalue weighted by atomic mass is 32.2. The molecule has 31 heavy (non-hydrogen) atoms. The third-order valence-electron chi connectivity index (χ3n) is 5.94. The first-order valence-electron chi connectivity index (χ1n) is 10.4. The Morgan fingerprint density at radius 1 is 0.871 bits per heavy atom. The number of rotatable bonds is 4. The van der Waals surface area contributed by atoms with Crippen molar-refractivity contribution in [1.29, 1.82) is 0 Å². The molecule has 4 rings (SSSR count). The van der Waals surface area contributed by atoms with Crippen molar-refractivity contribution >= 4 is 21.6 Å². The molecule has 0 radical (unpaired) electrons. The summed E-state index contributed by atoms with van der Waals surface area (Å²) < 4.78 is 40.7. The molecule has 2 aliphatic rings. The molecule has 0 saturated carbocycles. The molecule has 2 aliphatic heterocycles. The highest BCUT2D eigenvalue weighted by molar-refractivity contribution is 7.89. The predicted octanol–water partition coefficient (Wildman–Crippen LogP) is 1.72. The molecule has 2 heterocycles. The van der Waals surface area contributed by atoms with Crippen LogP contribution in [0.3, 0.4) is 0 Å². The van der Waals surface area contributed by atoms with Gasteiger partial charge in [0.05, 0.1) is 4.90 Å². The topological polar surface area (TPSA) is 64.2 Å². The Morgan fingerprint density at radius 2 is 1.52 bits per heavy atom. The van der Waals surface area contributed by atoms with Gasteiger partial charge in [0.1, 0.15) is 5.82 Å². The highest BCUT2D eigenvalue weighted by Gasteiger charge is 2.29. The van der Waals surface area contributed by atoms with E-state index in [1.807, 2.05) is 7.05 Å². The normalized spacial score (nSPS) is 18.9. The molecule has 0 bridgehead atoms. The third kappa shape index (κ3) is 4.73. The van der Waals surface area contributed by atoms with Crippen LogP contribution < -0.4 is 4.90 Å². The summed E-state index contributed by atoms with van der Waals surface area (Å²) in [5.74, 6) is -0.446. The number of likely N-dealkylation sites (N-methyl/N-ethyl adjacent to an activating group) is 1. The Labute approximate surface area is 182 Å². The number of anilines is 1. The first-order valence-corrected chi connectivity index (χ1v) is 11.9. The number of hydrogen-bond acceptors (Lipinski definition) is 5. The van der Waals surface area contributed by atoms with E-state index in [0.717, 1.165) is 5.69 Å². The van der Waals surface area contributed by atoms with Crippen LogP contribution >= 0.6 is 0 Å². The second-order valence-electron chi connectivity index (χ2n) is 7.99. The molecule has 2 aromatic carbocycles. The lowest BCUT2D eigenvalue weighted by molar-refractivity contribution is 0.0746. The van der Waals surface area contributed by atoms with Crippen LogP contribution in [0.15, 0.2) is 53.4 Å². The number of halogens is 1. The first-order chi connectivity index (χ1) is 14.8. The van der Waals surface area contributed by atoms with Gasteiger partial charge in [-0.25, -0.2) is 12.8 Å². The Kier molecular flexibility index (Phi) is 6.27. The fourth-order valence-electron chi connectivity index (χ4n) is 3.97. The summed E-state index contributed by atoms with van der Waals surface area (Å²) in [4.78, 5) is 19.1. The second kappa shape index (κ2) is 8.94. The minimum Gasteiger partial charge on any atom is -0.368 e. The van der Waals surface area contributed by atoms with Gasteiger partial charge in [-0.15, -0.1) is 0 Å². The molecule has 0 aromatic heterocycles. The molecule has 0 spiro atoms. The van der Waals surface area contributed by atoms with E-state index < -0.39 is 10.0 Å². The molecule has 9 heteroatoms. The molecule has 0 atom stereocenters. The summed E-state index contributed by atoms with van der Waals surface area (Å²) in [6, 6.07) is 12.7. The van der Waals surface area contributed by atoms with Crippen LogP contribution in [0, 0.1) is 5.82 Å². The number of benzene rings is 2. The third-order valence-corrected chi connectivity index (χ3v) is 7.83. The largest absolute Gasteiger partial charge is 0.368 e. The van der Waals surface area contributed by atoms with Gasteiger partial charge in [-0.2, -0.15) is 4.31 Å². The zero-order chi connectivity index (χ0) is 22.0. The van der Waals surface area contributed by atoms with E-state index in [4.69, 9.17) is 0 Å². The fraction of sp³-hybridized carbons (Fsp3) is 0.409. The lowest BCUT2D eigenvalue weighted by atomic mass is 10.1. The zero-order valence-electron chi connectivity index (χ0n) is 17.6. The molecule has 0 aliphatic carbocycles. The van der Waals surface area contributed by atoms with Gasteiger partial charge in [-0.1, -0.05) is 6.07 Å². The van der Waals surface area contributed by atoms with E-state index >= 15 is 0 Å². The Balaban J connectivity index is 1.43. The Hall–Kier alpha value is -2.49. The van der Waals surface area contributed by atoms with E-state index in [1.165, 1.54) is 22.5 Å². The minimum atomic E-state index is -3.62. The molecule has 166 valence electrons. The van der Waals surface area contributed by atoms with Gasteiger partial charge in [0.15, 0.2) is 0 Å². The SMILES string of the molecule is CN1CCN(S(=O)(=O)c2cccc(C(=O)N3CCN(c4ccc(F)cc4)CC3)c2)CC1. The fourth-order valence-corrected chi connectivity index (χ4v) is 5.44. The number of amides is 1. The summed E-state index contributed by atoms with van der Waals surface area (Å²) in [6.45, 7) is 4.59. The van der Waals surface area contributed by atoms with Gasteiger partial charge >= 0.3 is 0 Å². The number of nitrogens with zero attached hydrogens (tertiary/aromatic N) is 4. The summed E-state index contributed by atoms with van der Waals surface area (Å²) in [5, 5.41) is 0. The summed E-state index contributed by atoms with van der Waals surface area (Å²) in [5.41, 5.74) is 1.30. The molecular formula is C22H27FN4O3S. The second-order valence-corrected chi connectivity index (χ2v) is 9.93. The van der Waals surface area contributed by atoms with Crippen molar-refractivity contribution in [3.05, 3.63) is 59.9 Å². The van der Waals surface area contributed by atoms with Crippen molar-refractivity contribution in [3.63, 3.8) is 0 Å². The summed E-state index contributed by atoms with van der Waals surface area (Å²) in [6.07, 6.45) is 0. The van der Waals surface area contributed by atoms with Crippen LogP contribution in [0.5, 0.6) is 0 Å². The van der Waals surface area contributed by atoms with Crippen molar-refractivity contribution < 1.29 is 17.6 Å². The van der Waals surface area contributed by atoms with Crippen LogP contribution in [0.4, 0.5) is 10.1 Å². The molecule has 1 amide bonds. The molecule has 2 fully saturated rings. The smallest absolute Gasteiger partial charge is 0.254 e. The number of carbonyl (C=O) groups is 1. The molecule has 2 saturated heterocycles. The standard InChI is InChI=1S/C22H27FN4O3S/c1-24-9-15-27(16-10-24)31(29,30)21-4-2-3-18(17-21)22(28)26-13-11-25(12-14-26)20-7-5-19(23)6-8-20/h2-8,17H,9-16H2,1H3. The summed E-state index contributed by atoms with van der Waals surface area (Å²) >= 11 is 0. The first kappa shape index (κ1) is 21.7. The van der Waals surface area contributed by atoms with Gasteiger partial charge in [-0.3, -0.25) is 4.79 Å². The van der Waals surface area contributed by atoms with Crippen molar-refractivity contribution in [2.75, 3.05) is 64.3 Å². The van der Waals surface area contributed by atoms with Crippen molar-refractivity contribution in [3.8, 4) is 0 Å². The van der Waals surface area contributed by atoms with Crippen LogP contribution in [-0.2, 0) is 10.0 Å². The van der Waals surface area contributed by atoms with E-state index in [-0.39, 0.29) is 16.6 Å². The average Bonchev–Trinajstić information content (AvgIpc) is 2.80. The maximum atomic E-state index is 13.1. The van der Waals surface area contributed by atoms with Gasteiger partial charge in [-0.05, 0) is 49.5 Å². The van der Waals surface area contributed by atoms with Gasteiger partial charge in [0.2, 0.25) is 10.0 Å². The Bertz CT molecular complexity index is 1030. The lowest BCUT2D eigenvalue weighted by Gasteiger charge is -2.36. The maximum Gasteiger partial charge on any atom is 0.254 e. The van der Waals surface area contributed by atoms with Crippen LogP contribution in [0.2, 0.25) is 0 Å². The monoisotopic (exact) mass is 446 g/mol. The zero-order valence-corrected chi connectivity index (χ0v) is 18.4. The van der Waals surface area contributed by atoms with Crippen molar-refractivity contribution in [2.45, 2.75) is 4.90 Å². The molecule has 0 unspecified atom stereocenters. The number of piperazine rings is 2. The molecule has 2 aromatic rings. The van der Waals surface area contributed by atoms with Gasteiger partial charge < -0.3 is 14.7 Å². The van der Waals surface area contributed by atoms with E-state index in [0.29, 0.717) is 57.9 Å². The lowest BCUT2D eigenvalue weighted by Crippen LogP contribution is -2.49. The minimum absolute atomic E-state index is 0.160. The van der Waals surface area contributed by atoms with E-state index in [9.17, 15) is 17.6 Å². The van der Waals surface area contributed by atoms with Gasteiger partial charge in [0.25, 0.3) is 5.91 Å².